The quantitative estimate of drug-likeness (QED) is 0.341. The highest BCUT2D eigenvalue weighted by atomic mass is 16.5. The third-order valence-electron chi connectivity index (χ3n) is 8.86. The molecule has 2 aromatic carbocycles. The molecule has 4 nitrogen and oxygen atoms in total. The molecule has 194 valence electrons. The number of carbonyl (C=O) groups excluding carboxylic acids is 1. The third kappa shape index (κ3) is 3.89. The Bertz CT molecular complexity index is 1680. The molecule has 4 heteroatoms. The van der Waals surface area contributed by atoms with Gasteiger partial charge in [0.25, 0.3) is 0 Å². The summed E-state index contributed by atoms with van der Waals surface area (Å²) in [7, 11) is 1.68. The van der Waals surface area contributed by atoms with Crippen molar-refractivity contribution in [1.29, 1.82) is 0 Å². The molecule has 0 amide bonds. The topological polar surface area (TPSA) is 42.4 Å². The van der Waals surface area contributed by atoms with Gasteiger partial charge in [-0.05, 0) is 89.4 Å². The predicted molar refractivity (Wildman–Crippen MR) is 158 cm³/mol. The molecule has 0 saturated heterocycles. The van der Waals surface area contributed by atoms with Crippen LogP contribution < -0.4 is 4.74 Å². The fourth-order valence-electron chi connectivity index (χ4n) is 6.63. The van der Waals surface area contributed by atoms with Gasteiger partial charge in [-0.25, -0.2) is 4.98 Å². The number of hydrogen-bond acceptors (Lipinski definition) is 4. The minimum absolute atomic E-state index is 0.0876. The van der Waals surface area contributed by atoms with Crippen LogP contribution in [0.2, 0.25) is 0 Å². The van der Waals surface area contributed by atoms with Crippen molar-refractivity contribution < 1.29 is 9.53 Å². The Morgan fingerprint density at radius 3 is 2.59 bits per heavy atom. The summed E-state index contributed by atoms with van der Waals surface area (Å²) in [6.07, 6.45) is 15.7. The number of ether oxygens (including phenoxy) is 1. The molecule has 0 radical (unpaired) electrons. The lowest BCUT2D eigenvalue weighted by atomic mass is 9.79. The van der Waals surface area contributed by atoms with Gasteiger partial charge in [-0.15, -0.1) is 0 Å². The zero-order valence-corrected chi connectivity index (χ0v) is 22.6. The highest BCUT2D eigenvalue weighted by Gasteiger charge is 2.38. The van der Waals surface area contributed by atoms with Crippen LogP contribution in [0.4, 0.5) is 0 Å². The van der Waals surface area contributed by atoms with E-state index in [9.17, 15) is 4.79 Å². The van der Waals surface area contributed by atoms with Crippen molar-refractivity contribution >= 4 is 34.5 Å². The van der Waals surface area contributed by atoms with Gasteiger partial charge in [0.05, 0.1) is 30.6 Å². The molecule has 4 aliphatic rings. The molecule has 39 heavy (non-hydrogen) atoms. The van der Waals surface area contributed by atoms with E-state index in [4.69, 9.17) is 9.72 Å². The Hall–Kier alpha value is -4.18. The molecule has 0 fully saturated rings. The summed E-state index contributed by atoms with van der Waals surface area (Å²) >= 11 is 0. The van der Waals surface area contributed by atoms with Crippen LogP contribution in [-0.2, 0) is 24.2 Å². The second-order valence-corrected chi connectivity index (χ2v) is 11.0. The van der Waals surface area contributed by atoms with Crippen molar-refractivity contribution in [1.82, 2.24) is 9.88 Å². The number of nitrogens with zero attached hydrogens (tertiary/aromatic N) is 2. The van der Waals surface area contributed by atoms with Crippen LogP contribution in [0.5, 0.6) is 5.75 Å². The molecule has 3 aromatic rings. The predicted octanol–water partition coefficient (Wildman–Crippen LogP) is 7.44. The normalized spacial score (nSPS) is 20.1. The molecule has 0 N–H and O–H groups in total. The van der Waals surface area contributed by atoms with Crippen LogP contribution in [0.3, 0.4) is 0 Å². The number of hydrogen-bond donors (Lipinski definition) is 0. The number of benzene rings is 2. The summed E-state index contributed by atoms with van der Waals surface area (Å²) in [6.45, 7) is 7.29. The standard InChI is InChI=1S/C35H32N2O2/c1-21-29-19-33-35-31(20-37(33)22(2)27(29)15-16-34(21)38)28(10-5-4-7-23-11-13-26(39-3)14-12-23)30-17-24-8-6-9-25(24)18-32(30)36-35/h4-5,7,10-14,17-19,21H,2,6,8-9,15-16,20H2,1,3H3/b7-4+,10-5+. The third-order valence-corrected chi connectivity index (χ3v) is 8.86. The van der Waals surface area contributed by atoms with E-state index in [1.54, 1.807) is 7.11 Å². The molecule has 0 saturated carbocycles. The number of aromatic nitrogens is 1. The van der Waals surface area contributed by atoms with E-state index in [1.165, 1.54) is 39.6 Å². The van der Waals surface area contributed by atoms with Crippen molar-refractivity contribution in [3.05, 3.63) is 112 Å². The summed E-state index contributed by atoms with van der Waals surface area (Å²) in [5.41, 5.74) is 13.0. The number of Topliss-reactive ketones (excluding diaryl/α,β-unsaturated/α-hetero) is 1. The van der Waals surface area contributed by atoms with Crippen LogP contribution in [0.15, 0.2) is 78.0 Å². The van der Waals surface area contributed by atoms with Crippen molar-refractivity contribution in [3.8, 4) is 5.75 Å². The van der Waals surface area contributed by atoms with Gasteiger partial charge in [0.1, 0.15) is 11.5 Å². The fraction of sp³-hybridized carbons (Fsp3) is 0.257. The number of rotatable bonds is 4. The number of carbonyl (C=O) groups is 1. The van der Waals surface area contributed by atoms with Crippen LogP contribution in [0.1, 0.15) is 59.7 Å². The number of ketones is 1. The van der Waals surface area contributed by atoms with Crippen LogP contribution in [0.25, 0.3) is 28.8 Å². The van der Waals surface area contributed by atoms with Crippen LogP contribution >= 0.6 is 0 Å². The largest absolute Gasteiger partial charge is 0.497 e. The van der Waals surface area contributed by atoms with Gasteiger partial charge in [0.15, 0.2) is 0 Å². The van der Waals surface area contributed by atoms with E-state index in [-0.39, 0.29) is 5.92 Å². The molecule has 7 rings (SSSR count). The van der Waals surface area contributed by atoms with Crippen LogP contribution in [-0.4, -0.2) is 22.8 Å². The first-order chi connectivity index (χ1) is 19.0. The second kappa shape index (κ2) is 9.23. The fourth-order valence-corrected chi connectivity index (χ4v) is 6.63. The van der Waals surface area contributed by atoms with E-state index in [1.807, 2.05) is 19.1 Å². The Balaban J connectivity index is 1.34. The summed E-state index contributed by atoms with van der Waals surface area (Å²) in [6, 6.07) is 12.8. The van der Waals surface area contributed by atoms with Gasteiger partial charge in [0, 0.05) is 29.0 Å². The van der Waals surface area contributed by atoms with Crippen molar-refractivity contribution in [3.63, 3.8) is 0 Å². The average molecular weight is 513 g/mol. The number of aryl methyl sites for hydroxylation is 2. The maximum Gasteiger partial charge on any atom is 0.140 e. The van der Waals surface area contributed by atoms with Crippen molar-refractivity contribution in [2.24, 2.45) is 5.92 Å². The Morgan fingerprint density at radius 2 is 1.79 bits per heavy atom. The smallest absolute Gasteiger partial charge is 0.140 e. The minimum atomic E-state index is -0.0876. The molecule has 0 spiro atoms. The number of fused-ring (bicyclic) bond motifs is 5. The van der Waals surface area contributed by atoms with E-state index in [2.05, 4.69) is 66.1 Å². The zero-order valence-electron chi connectivity index (χ0n) is 22.6. The average Bonchev–Trinajstić information content (AvgIpc) is 3.56. The number of pyridine rings is 1. The van der Waals surface area contributed by atoms with E-state index in [0.717, 1.165) is 65.3 Å². The van der Waals surface area contributed by atoms with Gasteiger partial charge < -0.3 is 9.64 Å². The van der Waals surface area contributed by atoms with Crippen LogP contribution in [0, 0.1) is 5.92 Å². The molecule has 1 aromatic heterocycles. The van der Waals surface area contributed by atoms with Gasteiger partial charge in [-0.1, -0.05) is 49.9 Å². The Morgan fingerprint density at radius 1 is 1.03 bits per heavy atom. The lowest BCUT2D eigenvalue weighted by Crippen LogP contribution is -2.28. The molecule has 2 aliphatic carbocycles. The summed E-state index contributed by atoms with van der Waals surface area (Å²) in [5.74, 6) is 1.09. The lowest BCUT2D eigenvalue weighted by Gasteiger charge is -2.34. The maximum absolute atomic E-state index is 12.6. The monoisotopic (exact) mass is 512 g/mol. The van der Waals surface area contributed by atoms with E-state index >= 15 is 0 Å². The summed E-state index contributed by atoms with van der Waals surface area (Å²) in [4.78, 5) is 20.1. The first-order valence-electron chi connectivity index (χ1n) is 13.9. The molecule has 2 aliphatic heterocycles. The molecular formula is C35H32N2O2. The van der Waals surface area contributed by atoms with E-state index in [0.29, 0.717) is 12.2 Å². The van der Waals surface area contributed by atoms with Gasteiger partial charge in [-0.3, -0.25) is 4.79 Å². The molecule has 3 heterocycles. The van der Waals surface area contributed by atoms with Gasteiger partial charge in [0.2, 0.25) is 0 Å². The second-order valence-electron chi connectivity index (χ2n) is 11.0. The zero-order chi connectivity index (χ0) is 26.7. The molecule has 0 bridgehead atoms. The van der Waals surface area contributed by atoms with Crippen molar-refractivity contribution in [2.75, 3.05) is 7.11 Å². The number of methoxy groups -OCH3 is 1. The highest BCUT2D eigenvalue weighted by molar-refractivity contribution is 5.96. The van der Waals surface area contributed by atoms with E-state index < -0.39 is 0 Å². The molecule has 1 unspecified atom stereocenters. The first kappa shape index (κ1) is 23.9. The summed E-state index contributed by atoms with van der Waals surface area (Å²) in [5, 5.41) is 1.22. The molecular weight excluding hydrogens is 480 g/mol. The van der Waals surface area contributed by atoms with Gasteiger partial charge in [-0.2, -0.15) is 0 Å². The lowest BCUT2D eigenvalue weighted by molar-refractivity contribution is -0.121. The Labute approximate surface area is 229 Å². The SMILES string of the molecule is C=C1C2=C(C=C3c4nc5cc6c(cc5c(/C=C/C=C/c5ccc(OC)cc5)c4CN13)CCC6)C(C)C(=O)CC2. The highest BCUT2D eigenvalue weighted by Crippen LogP contribution is 2.47. The maximum atomic E-state index is 12.6. The minimum Gasteiger partial charge on any atom is -0.497 e. The van der Waals surface area contributed by atoms with Crippen molar-refractivity contribution in [2.45, 2.75) is 45.6 Å². The Kier molecular flexibility index (Phi) is 5.66. The summed E-state index contributed by atoms with van der Waals surface area (Å²) < 4.78 is 5.28. The molecule has 1 atom stereocenters. The van der Waals surface area contributed by atoms with Gasteiger partial charge >= 0.3 is 0 Å². The number of allylic oxidation sites excluding steroid dienone is 5. The first-order valence-corrected chi connectivity index (χ1v) is 13.9.